The Kier molecular flexibility index (Phi) is 4.06. The first kappa shape index (κ1) is 13.6. The summed E-state index contributed by atoms with van der Waals surface area (Å²) in [6.45, 7) is 2.29. The quantitative estimate of drug-likeness (QED) is 0.770. The molecule has 0 bridgehead atoms. The molecule has 1 aliphatic rings. The van der Waals surface area contributed by atoms with Gasteiger partial charge in [-0.3, -0.25) is 0 Å². The van der Waals surface area contributed by atoms with E-state index in [0.29, 0.717) is 11.8 Å². The van der Waals surface area contributed by atoms with Gasteiger partial charge in [-0.1, -0.05) is 55.3 Å². The summed E-state index contributed by atoms with van der Waals surface area (Å²) in [5.41, 5.74) is 0.987. The Morgan fingerprint density at radius 1 is 1.25 bits per heavy atom. The Bertz CT molecular complexity index is 555. The first-order valence-electron chi connectivity index (χ1n) is 7.26. The average Bonchev–Trinajstić information content (AvgIpc) is 2.97. The van der Waals surface area contributed by atoms with Gasteiger partial charge >= 0.3 is 0 Å². The maximum absolute atomic E-state index is 6.42. The number of nitrogens with zero attached hydrogens (tertiary/aromatic N) is 2. The van der Waals surface area contributed by atoms with Crippen LogP contribution in [-0.2, 0) is 0 Å². The standard InChI is InChI=1S/C16H19ClN2O/c1-11-6-5-9-13(10-11)15-18-16(20-19-15)14(17)12-7-3-2-4-8-12/h2-4,7-8,11,13-14H,5-6,9-10H2,1H3. The third-order valence-corrected chi connectivity index (χ3v) is 4.51. The molecule has 1 aromatic heterocycles. The zero-order valence-corrected chi connectivity index (χ0v) is 12.4. The van der Waals surface area contributed by atoms with Crippen molar-refractivity contribution in [2.24, 2.45) is 5.92 Å². The van der Waals surface area contributed by atoms with E-state index in [4.69, 9.17) is 16.1 Å². The smallest absolute Gasteiger partial charge is 0.249 e. The molecule has 3 nitrogen and oxygen atoms in total. The maximum Gasteiger partial charge on any atom is 0.249 e. The summed E-state index contributed by atoms with van der Waals surface area (Å²) in [5.74, 6) is 2.51. The second-order valence-electron chi connectivity index (χ2n) is 5.73. The number of rotatable bonds is 3. The molecule has 2 aromatic rings. The molecule has 106 valence electrons. The van der Waals surface area contributed by atoms with Gasteiger partial charge in [0.1, 0.15) is 5.38 Å². The first-order valence-corrected chi connectivity index (χ1v) is 7.70. The molecule has 4 heteroatoms. The van der Waals surface area contributed by atoms with Crippen molar-refractivity contribution >= 4 is 11.6 Å². The Balaban J connectivity index is 1.76. The van der Waals surface area contributed by atoms with Crippen molar-refractivity contribution in [3.8, 4) is 0 Å². The van der Waals surface area contributed by atoms with E-state index in [0.717, 1.165) is 30.1 Å². The highest BCUT2D eigenvalue weighted by Crippen LogP contribution is 2.36. The van der Waals surface area contributed by atoms with E-state index in [-0.39, 0.29) is 5.38 Å². The Labute approximate surface area is 124 Å². The summed E-state index contributed by atoms with van der Waals surface area (Å²) < 4.78 is 5.38. The van der Waals surface area contributed by atoms with Gasteiger partial charge in [0.05, 0.1) is 0 Å². The van der Waals surface area contributed by atoms with Crippen LogP contribution in [0.4, 0.5) is 0 Å². The molecule has 3 atom stereocenters. The molecule has 1 aliphatic carbocycles. The molecule has 3 rings (SSSR count). The zero-order chi connectivity index (χ0) is 13.9. The van der Waals surface area contributed by atoms with Crippen LogP contribution >= 0.6 is 11.6 Å². The van der Waals surface area contributed by atoms with Gasteiger partial charge in [0, 0.05) is 5.92 Å². The molecule has 0 aliphatic heterocycles. The van der Waals surface area contributed by atoms with Crippen LogP contribution in [0.15, 0.2) is 34.9 Å². The minimum absolute atomic E-state index is 0.363. The van der Waals surface area contributed by atoms with Crippen LogP contribution in [-0.4, -0.2) is 10.1 Å². The molecule has 1 heterocycles. The van der Waals surface area contributed by atoms with E-state index in [1.165, 1.54) is 12.8 Å². The number of halogens is 1. The Morgan fingerprint density at radius 3 is 2.80 bits per heavy atom. The fourth-order valence-electron chi connectivity index (χ4n) is 2.95. The average molecular weight is 291 g/mol. The van der Waals surface area contributed by atoms with Gasteiger partial charge in [-0.15, -0.1) is 11.6 Å². The van der Waals surface area contributed by atoms with Gasteiger partial charge in [0.2, 0.25) is 5.89 Å². The largest absolute Gasteiger partial charge is 0.337 e. The summed E-state index contributed by atoms with van der Waals surface area (Å²) in [4.78, 5) is 4.53. The van der Waals surface area contributed by atoms with Crippen LogP contribution in [0.25, 0.3) is 0 Å². The molecule has 0 saturated heterocycles. The fourth-order valence-corrected chi connectivity index (χ4v) is 3.18. The lowest BCUT2D eigenvalue weighted by Gasteiger charge is -2.23. The third-order valence-electron chi connectivity index (χ3n) is 4.07. The van der Waals surface area contributed by atoms with Crippen LogP contribution in [0.2, 0.25) is 0 Å². The predicted octanol–water partition coefficient (Wildman–Crippen LogP) is 4.69. The summed E-state index contributed by atoms with van der Waals surface area (Å²) in [7, 11) is 0. The predicted molar refractivity (Wildman–Crippen MR) is 78.8 cm³/mol. The van der Waals surface area contributed by atoms with Crippen molar-refractivity contribution in [1.29, 1.82) is 0 Å². The number of hydrogen-bond donors (Lipinski definition) is 0. The maximum atomic E-state index is 6.42. The van der Waals surface area contributed by atoms with Crippen molar-refractivity contribution < 1.29 is 4.52 Å². The van der Waals surface area contributed by atoms with Gasteiger partial charge in [0.15, 0.2) is 5.82 Å². The molecular formula is C16H19ClN2O. The van der Waals surface area contributed by atoms with E-state index in [2.05, 4.69) is 17.1 Å². The Hall–Kier alpha value is -1.35. The van der Waals surface area contributed by atoms with E-state index in [1.807, 2.05) is 30.3 Å². The van der Waals surface area contributed by atoms with Crippen LogP contribution in [0.5, 0.6) is 0 Å². The highest BCUT2D eigenvalue weighted by atomic mass is 35.5. The van der Waals surface area contributed by atoms with Gasteiger partial charge < -0.3 is 4.52 Å². The van der Waals surface area contributed by atoms with Crippen molar-refractivity contribution in [2.45, 2.75) is 43.9 Å². The molecule has 20 heavy (non-hydrogen) atoms. The van der Waals surface area contributed by atoms with Gasteiger partial charge in [-0.25, -0.2) is 0 Å². The van der Waals surface area contributed by atoms with Gasteiger partial charge in [-0.2, -0.15) is 4.98 Å². The first-order chi connectivity index (χ1) is 9.74. The molecule has 1 fully saturated rings. The van der Waals surface area contributed by atoms with Gasteiger partial charge in [0.25, 0.3) is 0 Å². The van der Waals surface area contributed by atoms with Crippen molar-refractivity contribution in [1.82, 2.24) is 10.1 Å². The normalized spacial score (nSPS) is 24.5. The van der Waals surface area contributed by atoms with Crippen LogP contribution in [0.1, 0.15) is 61.2 Å². The second kappa shape index (κ2) is 5.96. The summed E-state index contributed by atoms with van der Waals surface area (Å²) in [6, 6.07) is 9.85. The molecule has 3 unspecified atom stereocenters. The molecule has 0 spiro atoms. The highest BCUT2D eigenvalue weighted by molar-refractivity contribution is 6.22. The third kappa shape index (κ3) is 2.88. The van der Waals surface area contributed by atoms with E-state index < -0.39 is 0 Å². The van der Waals surface area contributed by atoms with E-state index in [9.17, 15) is 0 Å². The van der Waals surface area contributed by atoms with Crippen LogP contribution < -0.4 is 0 Å². The minimum Gasteiger partial charge on any atom is -0.337 e. The number of alkyl halides is 1. The fraction of sp³-hybridized carbons (Fsp3) is 0.500. The topological polar surface area (TPSA) is 38.9 Å². The summed E-state index contributed by atoms with van der Waals surface area (Å²) >= 11 is 6.42. The highest BCUT2D eigenvalue weighted by Gasteiger charge is 2.26. The lowest BCUT2D eigenvalue weighted by Crippen LogP contribution is -2.12. The number of hydrogen-bond acceptors (Lipinski definition) is 3. The molecule has 1 saturated carbocycles. The van der Waals surface area contributed by atoms with Crippen molar-refractivity contribution in [3.05, 3.63) is 47.6 Å². The second-order valence-corrected chi connectivity index (χ2v) is 6.17. The summed E-state index contributed by atoms with van der Waals surface area (Å²) in [6.07, 6.45) is 4.86. The van der Waals surface area contributed by atoms with Gasteiger partial charge in [-0.05, 0) is 24.3 Å². The number of aromatic nitrogens is 2. The molecule has 1 aromatic carbocycles. The summed E-state index contributed by atoms with van der Waals surface area (Å²) in [5, 5.41) is 3.79. The SMILES string of the molecule is CC1CCCC(c2noc(C(Cl)c3ccccc3)n2)C1. The lowest BCUT2D eigenvalue weighted by molar-refractivity contribution is 0.320. The van der Waals surface area contributed by atoms with Crippen LogP contribution in [0, 0.1) is 5.92 Å². The number of benzene rings is 1. The van der Waals surface area contributed by atoms with Crippen molar-refractivity contribution in [2.75, 3.05) is 0 Å². The zero-order valence-electron chi connectivity index (χ0n) is 11.6. The van der Waals surface area contributed by atoms with E-state index >= 15 is 0 Å². The lowest BCUT2D eigenvalue weighted by atomic mass is 9.82. The minimum atomic E-state index is -0.363. The molecule has 0 radical (unpaired) electrons. The van der Waals surface area contributed by atoms with Crippen LogP contribution in [0.3, 0.4) is 0 Å². The Morgan fingerprint density at radius 2 is 2.05 bits per heavy atom. The monoisotopic (exact) mass is 290 g/mol. The molecular weight excluding hydrogens is 272 g/mol. The van der Waals surface area contributed by atoms with Crippen molar-refractivity contribution in [3.63, 3.8) is 0 Å². The van der Waals surface area contributed by atoms with E-state index in [1.54, 1.807) is 0 Å². The molecule has 0 N–H and O–H groups in total. The molecule has 0 amide bonds.